The van der Waals surface area contributed by atoms with Crippen LogP contribution in [0.2, 0.25) is 0 Å². The molecule has 3 aliphatic heterocycles. The van der Waals surface area contributed by atoms with E-state index in [1.54, 1.807) is 4.57 Å². The molecular weight excluding hydrogens is 668 g/mol. The van der Waals surface area contributed by atoms with E-state index in [1.807, 2.05) is 0 Å². The van der Waals surface area contributed by atoms with E-state index in [4.69, 9.17) is 56.9 Å². The second-order valence-corrected chi connectivity index (χ2v) is 17.9. The molecule has 0 aromatic carbocycles. The number of aromatic nitrogens is 8. The van der Waals surface area contributed by atoms with E-state index in [2.05, 4.69) is 42.2 Å². The second-order valence-electron chi connectivity index (χ2n) is 9.90. The van der Waals surface area contributed by atoms with Gasteiger partial charge in [0, 0.05) is 12.8 Å². The summed E-state index contributed by atoms with van der Waals surface area (Å²) in [5.41, 5.74) is 2.25. The molecule has 3 fully saturated rings. The van der Waals surface area contributed by atoms with Crippen molar-refractivity contribution in [2.75, 3.05) is 18.9 Å². The number of imidazole rings is 2. The van der Waals surface area contributed by atoms with E-state index >= 15 is 0 Å². The van der Waals surface area contributed by atoms with E-state index in [0.717, 1.165) is 0 Å². The Morgan fingerprint density at radius 3 is 2.53 bits per heavy atom. The molecule has 3 aliphatic rings. The number of fused-ring (bicyclic) bond motifs is 5. The summed E-state index contributed by atoms with van der Waals surface area (Å²) in [5.74, 6) is -0.104. The SMILES string of the molecule is Nc1nc2c(ncn2[C@@H]2O[C@@H]3COP(O)(=S)O[C@H]4C[C@H](n5cnc6c(=O)[nH]cnc65)O[C@@H]4COP(=S)(S)O[C@@H]2C3)c(=O)[nH]1. The number of thiol groups is 1. The predicted molar refractivity (Wildman–Crippen MR) is 159 cm³/mol. The smallest absolute Gasteiger partial charge is 0.324 e. The summed E-state index contributed by atoms with van der Waals surface area (Å²) < 4.78 is 39.3. The van der Waals surface area contributed by atoms with Crippen LogP contribution >= 0.6 is 24.7 Å². The van der Waals surface area contributed by atoms with Crippen LogP contribution in [0.4, 0.5) is 5.95 Å². The lowest BCUT2D eigenvalue weighted by atomic mass is 10.2. The zero-order valence-corrected chi connectivity index (χ0v) is 26.0. The van der Waals surface area contributed by atoms with Crippen LogP contribution in [-0.4, -0.2) is 81.6 Å². The standard InChI is InChI=1S/C20H23N9O9P2S3/c21-20-26-16-14(18(31)27-20)25-7-29(16)19-10-1-8(35-19)3-33-39(32,41)37-9-2-12(36-11(9)4-34-40(42,43)38-10)28-6-24-13-15(28)22-5-23-17(13)30/h5-12,19H,1-4H2,(H,32,41)(H,42,43)(H,22,23,30)(H3,21,26,27,31)/t8-,9-,10+,11+,12+,19+,39?/m0/s1. The van der Waals surface area contributed by atoms with Crippen molar-refractivity contribution in [1.82, 2.24) is 39.0 Å². The highest BCUT2D eigenvalue weighted by Gasteiger charge is 2.45. The number of anilines is 1. The number of aromatic amines is 2. The lowest BCUT2D eigenvalue weighted by molar-refractivity contribution is -0.0547. The normalized spacial score (nSPS) is 35.4. The lowest BCUT2D eigenvalue weighted by Gasteiger charge is -2.28. The second kappa shape index (κ2) is 11.0. The largest absolute Gasteiger partial charge is 0.369 e. The highest BCUT2D eigenvalue weighted by atomic mass is 32.9. The van der Waals surface area contributed by atoms with Gasteiger partial charge in [-0.1, -0.05) is 12.2 Å². The summed E-state index contributed by atoms with van der Waals surface area (Å²) >= 11 is 15.5. The molecule has 7 rings (SSSR count). The van der Waals surface area contributed by atoms with Gasteiger partial charge < -0.3 is 43.2 Å². The highest BCUT2D eigenvalue weighted by Crippen LogP contribution is 2.58. The van der Waals surface area contributed by atoms with Crippen molar-refractivity contribution in [3.05, 3.63) is 39.7 Å². The van der Waals surface area contributed by atoms with Gasteiger partial charge in [-0.3, -0.25) is 23.7 Å². The van der Waals surface area contributed by atoms with E-state index in [0.29, 0.717) is 5.65 Å². The van der Waals surface area contributed by atoms with Crippen LogP contribution in [0.1, 0.15) is 25.3 Å². The molecule has 18 nitrogen and oxygen atoms in total. The molecule has 7 heterocycles. The number of H-pyrrole nitrogens is 2. The van der Waals surface area contributed by atoms with Crippen LogP contribution in [-0.2, 0) is 51.2 Å². The van der Waals surface area contributed by atoms with Gasteiger partial charge in [-0.25, -0.2) is 15.0 Å². The van der Waals surface area contributed by atoms with Crippen LogP contribution in [0.15, 0.2) is 28.6 Å². The summed E-state index contributed by atoms with van der Waals surface area (Å²) in [5, 5.41) is 0. The molecule has 8 atom stereocenters. The van der Waals surface area contributed by atoms with Crippen LogP contribution < -0.4 is 16.9 Å². The fourth-order valence-corrected chi connectivity index (χ4v) is 8.75. The fraction of sp³-hybridized carbons (Fsp3) is 0.500. The number of hydrogen-bond donors (Lipinski definition) is 5. The van der Waals surface area contributed by atoms with Crippen LogP contribution in [0.5, 0.6) is 0 Å². The maximum Gasteiger partial charge on any atom is 0.324 e. The Bertz CT molecular complexity index is 1930. The third kappa shape index (κ3) is 5.73. The highest BCUT2D eigenvalue weighted by molar-refractivity contribution is 8.60. The van der Waals surface area contributed by atoms with E-state index in [9.17, 15) is 14.5 Å². The Kier molecular flexibility index (Phi) is 7.59. The number of ether oxygens (including phenoxy) is 2. The van der Waals surface area contributed by atoms with Crippen molar-refractivity contribution >= 4 is 76.6 Å². The van der Waals surface area contributed by atoms with Gasteiger partial charge in [-0.2, -0.15) is 4.98 Å². The van der Waals surface area contributed by atoms with Gasteiger partial charge in [0.05, 0.1) is 44.4 Å². The van der Waals surface area contributed by atoms with Crippen LogP contribution in [0.3, 0.4) is 0 Å². The zero-order valence-electron chi connectivity index (χ0n) is 21.7. The van der Waals surface area contributed by atoms with Crippen molar-refractivity contribution in [3.63, 3.8) is 0 Å². The topological polar surface area (TPSA) is 229 Å². The molecule has 23 heteroatoms. The molecule has 230 valence electrons. The maximum absolute atomic E-state index is 12.3. The third-order valence-corrected chi connectivity index (χ3v) is 10.9. The number of nitrogens with two attached hydrogens (primary N) is 1. The lowest BCUT2D eigenvalue weighted by Crippen LogP contribution is -2.29. The molecule has 3 saturated heterocycles. The maximum atomic E-state index is 12.3. The summed E-state index contributed by atoms with van der Waals surface area (Å²) in [6.07, 6.45) is -0.0311. The van der Waals surface area contributed by atoms with Gasteiger partial charge in [0.2, 0.25) is 11.6 Å². The number of rotatable bonds is 2. The third-order valence-electron chi connectivity index (χ3n) is 7.09. The monoisotopic (exact) mass is 691 g/mol. The first kappa shape index (κ1) is 29.6. The molecule has 0 amide bonds. The number of hydrogen-bond acceptors (Lipinski definition) is 15. The molecule has 2 unspecified atom stereocenters. The minimum atomic E-state index is -3.83. The summed E-state index contributed by atoms with van der Waals surface area (Å²) in [7, 11) is 0. The van der Waals surface area contributed by atoms with Crippen molar-refractivity contribution in [3.8, 4) is 0 Å². The van der Waals surface area contributed by atoms with Gasteiger partial charge in [-0.05, 0) is 23.6 Å². The molecule has 0 radical (unpaired) electrons. The van der Waals surface area contributed by atoms with Crippen LogP contribution in [0, 0.1) is 0 Å². The van der Waals surface area contributed by atoms with E-state index in [-0.39, 0.29) is 48.7 Å². The molecule has 5 N–H and O–H groups in total. The molecular formula is C20H23N9O9P2S3. The molecule has 43 heavy (non-hydrogen) atoms. The first-order valence-corrected chi connectivity index (χ1v) is 19.1. The minimum Gasteiger partial charge on any atom is -0.369 e. The molecule has 4 aromatic rings. The average molecular weight is 692 g/mol. The Balaban J connectivity index is 1.17. The number of nitrogens with zero attached hydrogens (tertiary/aromatic N) is 6. The molecule has 0 saturated carbocycles. The van der Waals surface area contributed by atoms with Gasteiger partial charge in [0.25, 0.3) is 11.1 Å². The van der Waals surface area contributed by atoms with Crippen molar-refractivity contribution in [1.29, 1.82) is 0 Å². The van der Waals surface area contributed by atoms with Crippen molar-refractivity contribution in [2.24, 2.45) is 0 Å². The molecule has 0 aliphatic carbocycles. The number of nitrogens with one attached hydrogen (secondary N) is 2. The fourth-order valence-electron chi connectivity index (χ4n) is 5.25. The minimum absolute atomic E-state index is 0.0518. The average Bonchev–Trinajstić information content (AvgIpc) is 3.71. The molecule has 0 spiro atoms. The first-order chi connectivity index (χ1) is 20.5. The first-order valence-electron chi connectivity index (χ1n) is 12.7. The van der Waals surface area contributed by atoms with E-state index in [1.165, 1.54) is 23.5 Å². The Morgan fingerprint density at radius 1 is 0.953 bits per heavy atom. The Labute approximate surface area is 255 Å². The van der Waals surface area contributed by atoms with Gasteiger partial charge in [0.1, 0.15) is 18.4 Å². The summed E-state index contributed by atoms with van der Waals surface area (Å²) in [6.45, 7) is -4.11. The Hall–Kier alpha value is -2.13. The Morgan fingerprint density at radius 2 is 1.72 bits per heavy atom. The molecule has 2 bridgehead atoms. The van der Waals surface area contributed by atoms with Gasteiger partial charge >= 0.3 is 6.72 Å². The zero-order chi connectivity index (χ0) is 30.1. The van der Waals surface area contributed by atoms with E-state index < -0.39 is 60.4 Å². The van der Waals surface area contributed by atoms with Crippen LogP contribution in [0.25, 0.3) is 22.3 Å². The molecule has 4 aromatic heterocycles. The predicted octanol–water partition coefficient (Wildman–Crippen LogP) is 0.598. The summed E-state index contributed by atoms with van der Waals surface area (Å²) in [4.78, 5) is 57.0. The van der Waals surface area contributed by atoms with Crippen molar-refractivity contribution < 1.29 is 32.5 Å². The number of nitrogen functional groups attached to an aromatic ring is 1. The van der Waals surface area contributed by atoms with Gasteiger partial charge in [0.15, 0.2) is 28.6 Å². The van der Waals surface area contributed by atoms with Crippen molar-refractivity contribution in [2.45, 2.75) is 49.7 Å². The quantitative estimate of drug-likeness (QED) is 0.143. The van der Waals surface area contributed by atoms with Gasteiger partial charge in [-0.15, -0.1) is 0 Å². The summed E-state index contributed by atoms with van der Waals surface area (Å²) in [6, 6.07) is 0.